The second-order valence-corrected chi connectivity index (χ2v) is 6.51. The Kier molecular flexibility index (Phi) is 7.53. The standard InChI is InChI=1S/C19H31N3O2/c1-4-21-10-12-22(13-11-21)15-16(3)14-20-19(23)17-6-8-18(9-7-17)24-5-2/h6-9,16H,4-5,10-15H2,1-3H3,(H,20,23). The normalized spacial score (nSPS) is 17.5. The molecule has 24 heavy (non-hydrogen) atoms. The molecule has 5 heteroatoms. The first-order chi connectivity index (χ1) is 11.6. The molecule has 134 valence electrons. The van der Waals surface area contributed by atoms with Gasteiger partial charge in [-0.3, -0.25) is 4.79 Å². The Morgan fingerprint density at radius 2 is 1.75 bits per heavy atom. The van der Waals surface area contributed by atoms with Crippen LogP contribution in [0.5, 0.6) is 5.75 Å². The van der Waals surface area contributed by atoms with Gasteiger partial charge in [0.25, 0.3) is 5.91 Å². The first-order valence-corrected chi connectivity index (χ1v) is 9.08. The van der Waals surface area contributed by atoms with Crippen molar-refractivity contribution in [1.82, 2.24) is 15.1 Å². The van der Waals surface area contributed by atoms with Crippen LogP contribution in [-0.4, -0.2) is 68.1 Å². The highest BCUT2D eigenvalue weighted by Gasteiger charge is 2.17. The molecule has 1 N–H and O–H groups in total. The van der Waals surface area contributed by atoms with Crippen molar-refractivity contribution in [2.75, 3.05) is 52.4 Å². The number of benzene rings is 1. The fourth-order valence-corrected chi connectivity index (χ4v) is 3.03. The van der Waals surface area contributed by atoms with E-state index in [-0.39, 0.29) is 5.91 Å². The van der Waals surface area contributed by atoms with Crippen LogP contribution >= 0.6 is 0 Å². The van der Waals surface area contributed by atoms with E-state index in [4.69, 9.17) is 4.74 Å². The number of carbonyl (C=O) groups excluding carboxylic acids is 1. The van der Waals surface area contributed by atoms with E-state index in [9.17, 15) is 4.79 Å². The summed E-state index contributed by atoms with van der Waals surface area (Å²) in [6, 6.07) is 7.31. The first kappa shape index (κ1) is 18.7. The van der Waals surface area contributed by atoms with Crippen molar-refractivity contribution in [3.8, 4) is 5.75 Å². The van der Waals surface area contributed by atoms with Crippen LogP contribution in [0, 0.1) is 5.92 Å². The minimum atomic E-state index is -0.0132. The summed E-state index contributed by atoms with van der Waals surface area (Å²) < 4.78 is 5.40. The van der Waals surface area contributed by atoms with Gasteiger partial charge < -0.3 is 19.9 Å². The number of nitrogens with zero attached hydrogens (tertiary/aromatic N) is 2. The van der Waals surface area contributed by atoms with Crippen molar-refractivity contribution in [2.24, 2.45) is 5.92 Å². The van der Waals surface area contributed by atoms with Crippen molar-refractivity contribution in [2.45, 2.75) is 20.8 Å². The lowest BCUT2D eigenvalue weighted by Crippen LogP contribution is -2.48. The lowest BCUT2D eigenvalue weighted by molar-refractivity contribution is 0.0933. The zero-order valence-corrected chi connectivity index (χ0v) is 15.3. The van der Waals surface area contributed by atoms with Gasteiger partial charge in [-0.05, 0) is 43.7 Å². The second kappa shape index (κ2) is 9.64. The lowest BCUT2D eigenvalue weighted by atomic mass is 10.1. The summed E-state index contributed by atoms with van der Waals surface area (Å²) in [6.07, 6.45) is 0. The zero-order chi connectivity index (χ0) is 17.4. The number of piperazine rings is 1. The minimum Gasteiger partial charge on any atom is -0.494 e. The maximum Gasteiger partial charge on any atom is 0.251 e. The number of hydrogen-bond donors (Lipinski definition) is 1. The molecule has 0 bridgehead atoms. The molecule has 1 amide bonds. The average Bonchev–Trinajstić information content (AvgIpc) is 2.61. The molecule has 1 aromatic rings. The van der Waals surface area contributed by atoms with Gasteiger partial charge in [-0.25, -0.2) is 0 Å². The van der Waals surface area contributed by atoms with Gasteiger partial charge in [-0.2, -0.15) is 0 Å². The van der Waals surface area contributed by atoms with E-state index < -0.39 is 0 Å². The monoisotopic (exact) mass is 333 g/mol. The first-order valence-electron chi connectivity index (χ1n) is 9.08. The molecule has 1 unspecified atom stereocenters. The van der Waals surface area contributed by atoms with E-state index >= 15 is 0 Å². The van der Waals surface area contributed by atoms with Crippen LogP contribution in [0.2, 0.25) is 0 Å². The Bertz CT molecular complexity index is 496. The summed E-state index contributed by atoms with van der Waals surface area (Å²) in [5.41, 5.74) is 0.683. The molecule has 1 aliphatic heterocycles. The number of amides is 1. The molecule has 1 fully saturated rings. The quantitative estimate of drug-likeness (QED) is 0.791. The fourth-order valence-electron chi connectivity index (χ4n) is 3.03. The van der Waals surface area contributed by atoms with E-state index in [0.717, 1.165) is 45.0 Å². The second-order valence-electron chi connectivity index (χ2n) is 6.51. The van der Waals surface area contributed by atoms with Crippen LogP contribution in [0.15, 0.2) is 24.3 Å². The third-order valence-electron chi connectivity index (χ3n) is 4.52. The number of hydrogen-bond acceptors (Lipinski definition) is 4. The largest absolute Gasteiger partial charge is 0.494 e. The summed E-state index contributed by atoms with van der Waals surface area (Å²) in [7, 11) is 0. The Morgan fingerprint density at radius 1 is 1.12 bits per heavy atom. The Morgan fingerprint density at radius 3 is 2.33 bits per heavy atom. The predicted molar refractivity (Wildman–Crippen MR) is 97.7 cm³/mol. The number of nitrogens with one attached hydrogen (secondary N) is 1. The van der Waals surface area contributed by atoms with E-state index in [2.05, 4.69) is 29.0 Å². The fraction of sp³-hybridized carbons (Fsp3) is 0.632. The van der Waals surface area contributed by atoms with Crippen LogP contribution in [0.3, 0.4) is 0 Å². The van der Waals surface area contributed by atoms with Gasteiger partial charge in [0.05, 0.1) is 6.61 Å². The van der Waals surface area contributed by atoms with Crippen molar-refractivity contribution >= 4 is 5.91 Å². The molecular weight excluding hydrogens is 302 g/mol. The minimum absolute atomic E-state index is 0.0132. The summed E-state index contributed by atoms with van der Waals surface area (Å²) >= 11 is 0. The summed E-state index contributed by atoms with van der Waals surface area (Å²) in [5, 5.41) is 3.04. The smallest absolute Gasteiger partial charge is 0.251 e. The van der Waals surface area contributed by atoms with Crippen molar-refractivity contribution in [1.29, 1.82) is 0 Å². The van der Waals surface area contributed by atoms with Crippen LogP contribution in [0.25, 0.3) is 0 Å². The van der Waals surface area contributed by atoms with E-state index in [0.29, 0.717) is 24.6 Å². The molecule has 1 aromatic carbocycles. The molecular formula is C19H31N3O2. The van der Waals surface area contributed by atoms with E-state index in [1.165, 1.54) is 0 Å². The highest BCUT2D eigenvalue weighted by Crippen LogP contribution is 2.12. The average molecular weight is 333 g/mol. The molecule has 0 saturated carbocycles. The van der Waals surface area contributed by atoms with Crippen LogP contribution < -0.4 is 10.1 Å². The Hall–Kier alpha value is -1.59. The third-order valence-corrected chi connectivity index (χ3v) is 4.52. The van der Waals surface area contributed by atoms with E-state index in [1.54, 1.807) is 0 Å². The highest BCUT2D eigenvalue weighted by atomic mass is 16.5. The molecule has 0 aromatic heterocycles. The molecule has 5 nitrogen and oxygen atoms in total. The topological polar surface area (TPSA) is 44.8 Å². The molecule has 0 radical (unpaired) electrons. The molecule has 0 aliphatic carbocycles. The summed E-state index contributed by atoms with van der Waals surface area (Å²) in [5.74, 6) is 1.24. The molecule has 2 rings (SSSR count). The van der Waals surface area contributed by atoms with Crippen LogP contribution in [0.1, 0.15) is 31.1 Å². The Balaban J connectivity index is 1.71. The maximum absolute atomic E-state index is 12.2. The predicted octanol–water partition coefficient (Wildman–Crippen LogP) is 2.09. The molecule has 1 aliphatic rings. The third kappa shape index (κ3) is 5.80. The summed E-state index contributed by atoms with van der Waals surface area (Å²) in [6.45, 7) is 14.5. The molecule has 1 heterocycles. The van der Waals surface area contributed by atoms with Crippen molar-refractivity contribution in [3.05, 3.63) is 29.8 Å². The lowest BCUT2D eigenvalue weighted by Gasteiger charge is -2.35. The van der Waals surface area contributed by atoms with Crippen LogP contribution in [-0.2, 0) is 0 Å². The Labute approximate surface area is 146 Å². The zero-order valence-electron chi connectivity index (χ0n) is 15.3. The van der Waals surface area contributed by atoms with Gasteiger partial charge in [-0.15, -0.1) is 0 Å². The number of likely N-dealkylation sites (N-methyl/N-ethyl adjacent to an activating group) is 1. The molecule has 1 saturated heterocycles. The van der Waals surface area contributed by atoms with Gasteiger partial charge in [0.15, 0.2) is 0 Å². The van der Waals surface area contributed by atoms with Gasteiger partial charge in [-0.1, -0.05) is 13.8 Å². The number of carbonyl (C=O) groups is 1. The van der Waals surface area contributed by atoms with Gasteiger partial charge in [0.1, 0.15) is 5.75 Å². The SMILES string of the molecule is CCOc1ccc(C(=O)NCC(C)CN2CCN(CC)CC2)cc1. The number of rotatable bonds is 8. The molecule has 1 atom stereocenters. The summed E-state index contributed by atoms with van der Waals surface area (Å²) in [4.78, 5) is 17.2. The van der Waals surface area contributed by atoms with Gasteiger partial charge in [0.2, 0.25) is 0 Å². The molecule has 0 spiro atoms. The van der Waals surface area contributed by atoms with Crippen molar-refractivity contribution in [3.63, 3.8) is 0 Å². The van der Waals surface area contributed by atoms with Crippen LogP contribution in [0.4, 0.5) is 0 Å². The number of ether oxygens (including phenoxy) is 1. The van der Waals surface area contributed by atoms with Crippen molar-refractivity contribution < 1.29 is 9.53 Å². The van der Waals surface area contributed by atoms with E-state index in [1.807, 2.05) is 31.2 Å². The highest BCUT2D eigenvalue weighted by molar-refractivity contribution is 5.94. The van der Waals surface area contributed by atoms with Gasteiger partial charge in [0, 0.05) is 44.8 Å². The van der Waals surface area contributed by atoms with Gasteiger partial charge >= 0.3 is 0 Å². The maximum atomic E-state index is 12.2.